The third-order valence-electron chi connectivity index (χ3n) is 2.94. The van der Waals surface area contributed by atoms with Gasteiger partial charge in [-0.2, -0.15) is 0 Å². The quantitative estimate of drug-likeness (QED) is 0.676. The van der Waals surface area contributed by atoms with Gasteiger partial charge in [0.2, 0.25) is 5.91 Å². The van der Waals surface area contributed by atoms with Crippen molar-refractivity contribution in [2.75, 3.05) is 44.3 Å². The van der Waals surface area contributed by atoms with Crippen molar-refractivity contribution in [2.24, 2.45) is 0 Å². The van der Waals surface area contributed by atoms with E-state index in [0.29, 0.717) is 37.6 Å². The lowest BCUT2D eigenvalue weighted by atomic mass is 10.2. The normalized spacial score (nSPS) is 28.0. The molecule has 0 bridgehead atoms. The van der Waals surface area contributed by atoms with E-state index in [9.17, 15) is 9.00 Å². The number of rotatable bonds is 2. The third kappa shape index (κ3) is 3.26. The molecule has 1 amide bonds. The highest BCUT2D eigenvalue weighted by Crippen LogP contribution is 2.07. The van der Waals surface area contributed by atoms with Crippen LogP contribution in [0.3, 0.4) is 0 Å². The fourth-order valence-electron chi connectivity index (χ4n) is 1.96. The van der Waals surface area contributed by atoms with Crippen molar-refractivity contribution in [3.05, 3.63) is 0 Å². The Morgan fingerprint density at radius 3 is 2.81 bits per heavy atom. The van der Waals surface area contributed by atoms with Gasteiger partial charge in [0.1, 0.15) is 0 Å². The number of morpholine rings is 1. The van der Waals surface area contributed by atoms with E-state index in [-0.39, 0.29) is 12.0 Å². The fourth-order valence-corrected chi connectivity index (χ4v) is 3.01. The van der Waals surface area contributed by atoms with Gasteiger partial charge in [0, 0.05) is 48.5 Å². The summed E-state index contributed by atoms with van der Waals surface area (Å²) in [6.45, 7) is 3.57. The maximum absolute atomic E-state index is 11.9. The molecule has 1 N–H and O–H groups in total. The molecule has 0 aliphatic carbocycles. The van der Waals surface area contributed by atoms with Gasteiger partial charge in [-0.3, -0.25) is 9.00 Å². The molecule has 0 saturated carbocycles. The van der Waals surface area contributed by atoms with Crippen LogP contribution < -0.4 is 5.32 Å². The molecule has 0 aromatic carbocycles. The van der Waals surface area contributed by atoms with Gasteiger partial charge in [0.15, 0.2) is 0 Å². The number of amides is 1. The van der Waals surface area contributed by atoms with Crippen LogP contribution in [0.5, 0.6) is 0 Å². The number of nitrogens with zero attached hydrogens (tertiary/aromatic N) is 1. The highest BCUT2D eigenvalue weighted by molar-refractivity contribution is 7.85. The van der Waals surface area contributed by atoms with E-state index in [1.165, 1.54) is 0 Å². The lowest BCUT2D eigenvalue weighted by Gasteiger charge is -2.29. The summed E-state index contributed by atoms with van der Waals surface area (Å²) >= 11 is 0. The summed E-state index contributed by atoms with van der Waals surface area (Å²) in [6, 6.07) is 0. The van der Waals surface area contributed by atoms with Crippen molar-refractivity contribution < 1.29 is 13.7 Å². The first-order valence-corrected chi connectivity index (χ1v) is 7.19. The van der Waals surface area contributed by atoms with E-state index in [0.717, 1.165) is 13.1 Å². The van der Waals surface area contributed by atoms with E-state index in [4.69, 9.17) is 4.74 Å². The second-order valence-corrected chi connectivity index (χ2v) is 5.83. The smallest absolute Gasteiger partial charge is 0.225 e. The Balaban J connectivity index is 1.76. The zero-order chi connectivity index (χ0) is 11.4. The molecule has 2 rings (SSSR count). The van der Waals surface area contributed by atoms with Crippen LogP contribution in [0.2, 0.25) is 0 Å². The number of ether oxygens (including phenoxy) is 1. The van der Waals surface area contributed by atoms with Crippen molar-refractivity contribution in [1.82, 2.24) is 10.2 Å². The SMILES string of the molecule is O=C(CC1CNCCO1)N1CCS(=O)CC1. The molecule has 2 saturated heterocycles. The Labute approximate surface area is 98.0 Å². The minimum absolute atomic E-state index is 0.00803. The first kappa shape index (κ1) is 12.0. The Morgan fingerprint density at radius 2 is 2.19 bits per heavy atom. The largest absolute Gasteiger partial charge is 0.375 e. The van der Waals surface area contributed by atoms with Gasteiger partial charge in [-0.25, -0.2) is 0 Å². The van der Waals surface area contributed by atoms with E-state index in [1.54, 1.807) is 4.90 Å². The Hall–Kier alpha value is -0.460. The first-order chi connectivity index (χ1) is 7.75. The van der Waals surface area contributed by atoms with Crippen LogP contribution >= 0.6 is 0 Å². The molecule has 2 aliphatic rings. The molecule has 6 heteroatoms. The molecule has 5 nitrogen and oxygen atoms in total. The van der Waals surface area contributed by atoms with Gasteiger partial charge in [-0.1, -0.05) is 0 Å². The molecule has 1 unspecified atom stereocenters. The summed E-state index contributed by atoms with van der Waals surface area (Å²) in [5, 5.41) is 3.21. The first-order valence-electron chi connectivity index (χ1n) is 5.71. The molecule has 0 aromatic heterocycles. The van der Waals surface area contributed by atoms with E-state index in [2.05, 4.69) is 5.32 Å². The van der Waals surface area contributed by atoms with Crippen LogP contribution in [0, 0.1) is 0 Å². The minimum Gasteiger partial charge on any atom is -0.375 e. The van der Waals surface area contributed by atoms with E-state index >= 15 is 0 Å². The van der Waals surface area contributed by atoms with Crippen LogP contribution in [-0.2, 0) is 20.3 Å². The van der Waals surface area contributed by atoms with Crippen LogP contribution in [-0.4, -0.2) is 65.4 Å². The molecule has 2 fully saturated rings. The highest BCUT2D eigenvalue weighted by Gasteiger charge is 2.24. The topological polar surface area (TPSA) is 58.6 Å². The molecule has 0 spiro atoms. The molecule has 16 heavy (non-hydrogen) atoms. The fraction of sp³-hybridized carbons (Fsp3) is 0.900. The Morgan fingerprint density at radius 1 is 1.44 bits per heavy atom. The van der Waals surface area contributed by atoms with Crippen LogP contribution in [0.25, 0.3) is 0 Å². The van der Waals surface area contributed by atoms with E-state index in [1.807, 2.05) is 0 Å². The average Bonchev–Trinajstić information content (AvgIpc) is 2.31. The molecule has 0 aromatic rings. The lowest BCUT2D eigenvalue weighted by molar-refractivity contribution is -0.134. The van der Waals surface area contributed by atoms with Crippen molar-refractivity contribution >= 4 is 16.7 Å². The maximum atomic E-state index is 11.9. The number of hydrogen-bond acceptors (Lipinski definition) is 4. The Bertz CT molecular complexity index is 269. The van der Waals surface area contributed by atoms with Crippen molar-refractivity contribution in [2.45, 2.75) is 12.5 Å². The summed E-state index contributed by atoms with van der Waals surface area (Å²) in [4.78, 5) is 13.7. The number of carbonyl (C=O) groups excluding carboxylic acids is 1. The predicted octanol–water partition coefficient (Wildman–Crippen LogP) is -1.04. The van der Waals surface area contributed by atoms with Crippen molar-refractivity contribution in [1.29, 1.82) is 0 Å². The monoisotopic (exact) mass is 246 g/mol. The Kier molecular flexibility index (Phi) is 4.31. The molecule has 1 atom stereocenters. The maximum Gasteiger partial charge on any atom is 0.225 e. The molecule has 2 heterocycles. The molecule has 92 valence electrons. The number of carbonyl (C=O) groups is 1. The van der Waals surface area contributed by atoms with Gasteiger partial charge in [0.05, 0.1) is 19.1 Å². The zero-order valence-electron chi connectivity index (χ0n) is 9.31. The molecular formula is C10H18N2O3S. The average molecular weight is 246 g/mol. The van der Waals surface area contributed by atoms with Gasteiger partial charge < -0.3 is 15.0 Å². The summed E-state index contributed by atoms with van der Waals surface area (Å²) < 4.78 is 16.7. The second-order valence-electron chi connectivity index (χ2n) is 4.13. The molecule has 0 radical (unpaired) electrons. The molecule has 2 aliphatic heterocycles. The third-order valence-corrected chi connectivity index (χ3v) is 4.21. The van der Waals surface area contributed by atoms with Crippen LogP contribution in [0.1, 0.15) is 6.42 Å². The van der Waals surface area contributed by atoms with Crippen LogP contribution in [0.15, 0.2) is 0 Å². The summed E-state index contributed by atoms with van der Waals surface area (Å²) in [5.74, 6) is 1.37. The minimum atomic E-state index is -0.722. The summed E-state index contributed by atoms with van der Waals surface area (Å²) in [7, 11) is -0.722. The van der Waals surface area contributed by atoms with E-state index < -0.39 is 10.8 Å². The van der Waals surface area contributed by atoms with Gasteiger partial charge >= 0.3 is 0 Å². The van der Waals surface area contributed by atoms with Crippen molar-refractivity contribution in [3.63, 3.8) is 0 Å². The predicted molar refractivity (Wildman–Crippen MR) is 61.7 cm³/mol. The summed E-state index contributed by atoms with van der Waals surface area (Å²) in [5.41, 5.74) is 0. The van der Waals surface area contributed by atoms with Crippen LogP contribution in [0.4, 0.5) is 0 Å². The second kappa shape index (κ2) is 5.75. The number of nitrogens with one attached hydrogen (secondary N) is 1. The molecular weight excluding hydrogens is 228 g/mol. The van der Waals surface area contributed by atoms with Gasteiger partial charge in [0.25, 0.3) is 0 Å². The van der Waals surface area contributed by atoms with Gasteiger partial charge in [-0.15, -0.1) is 0 Å². The highest BCUT2D eigenvalue weighted by atomic mass is 32.2. The van der Waals surface area contributed by atoms with Crippen molar-refractivity contribution in [3.8, 4) is 0 Å². The van der Waals surface area contributed by atoms with Gasteiger partial charge in [-0.05, 0) is 0 Å². The number of hydrogen-bond donors (Lipinski definition) is 1. The standard InChI is InChI=1S/C10H18N2O3S/c13-10(7-9-8-11-1-4-15-9)12-2-5-16(14)6-3-12/h9,11H,1-8H2. The lowest BCUT2D eigenvalue weighted by Crippen LogP contribution is -2.46. The summed E-state index contributed by atoms with van der Waals surface area (Å²) in [6.07, 6.45) is 0.452. The zero-order valence-corrected chi connectivity index (χ0v) is 10.1.